The zero-order chi connectivity index (χ0) is 17.4. The first-order valence-corrected chi connectivity index (χ1v) is 9.43. The van der Waals surface area contributed by atoms with Crippen LogP contribution >= 0.6 is 0 Å². The number of rotatable bonds is 8. The van der Waals surface area contributed by atoms with E-state index in [4.69, 9.17) is 0 Å². The number of nitrogens with one attached hydrogen (secondary N) is 2. The lowest BCUT2D eigenvalue weighted by molar-refractivity contribution is 0.0953. The quantitative estimate of drug-likeness (QED) is 0.770. The third-order valence-electron chi connectivity index (χ3n) is 3.51. The molecule has 0 radical (unpaired) electrons. The Morgan fingerprint density at radius 2 is 1.62 bits per heavy atom. The van der Waals surface area contributed by atoms with Gasteiger partial charge in [0.25, 0.3) is 5.91 Å². The van der Waals surface area contributed by atoms with Crippen molar-refractivity contribution in [1.82, 2.24) is 10.0 Å². The number of amides is 1. The van der Waals surface area contributed by atoms with Crippen molar-refractivity contribution >= 4 is 15.9 Å². The Hall–Kier alpha value is -2.18. The van der Waals surface area contributed by atoms with Crippen LogP contribution in [0.1, 0.15) is 29.3 Å². The van der Waals surface area contributed by atoms with Crippen molar-refractivity contribution < 1.29 is 13.2 Å². The molecule has 0 aliphatic heterocycles. The van der Waals surface area contributed by atoms with Crippen LogP contribution in [-0.4, -0.2) is 27.4 Å². The van der Waals surface area contributed by atoms with E-state index in [1.165, 1.54) is 24.3 Å². The number of carbonyl (C=O) groups is 1. The van der Waals surface area contributed by atoms with E-state index in [-0.39, 0.29) is 10.8 Å². The van der Waals surface area contributed by atoms with Gasteiger partial charge in [0, 0.05) is 18.7 Å². The molecule has 0 aliphatic carbocycles. The molecular formula is C18H22N2O3S. The Bertz CT molecular complexity index is 757. The van der Waals surface area contributed by atoms with Crippen molar-refractivity contribution in [2.75, 3.05) is 13.1 Å². The van der Waals surface area contributed by atoms with E-state index in [9.17, 15) is 13.2 Å². The zero-order valence-electron chi connectivity index (χ0n) is 13.7. The average molecular weight is 346 g/mol. The van der Waals surface area contributed by atoms with Gasteiger partial charge in [-0.3, -0.25) is 4.79 Å². The molecule has 2 N–H and O–H groups in total. The summed E-state index contributed by atoms with van der Waals surface area (Å²) in [5.41, 5.74) is 1.52. The van der Waals surface area contributed by atoms with Crippen LogP contribution in [0, 0.1) is 0 Å². The Labute approximate surface area is 143 Å². The van der Waals surface area contributed by atoms with E-state index in [0.29, 0.717) is 25.1 Å². The molecule has 0 heterocycles. The van der Waals surface area contributed by atoms with Gasteiger partial charge in [-0.25, -0.2) is 13.1 Å². The maximum atomic E-state index is 12.3. The van der Waals surface area contributed by atoms with E-state index in [1.807, 2.05) is 37.3 Å². The van der Waals surface area contributed by atoms with Gasteiger partial charge in [0.2, 0.25) is 10.0 Å². The van der Waals surface area contributed by atoms with E-state index >= 15 is 0 Å². The molecule has 0 atom stereocenters. The minimum Gasteiger partial charge on any atom is -0.352 e. The first kappa shape index (κ1) is 18.2. The Balaban J connectivity index is 1.95. The van der Waals surface area contributed by atoms with Gasteiger partial charge in [0.05, 0.1) is 4.90 Å². The fraction of sp³-hybridized carbons (Fsp3) is 0.278. The van der Waals surface area contributed by atoms with Crippen LogP contribution in [0.5, 0.6) is 0 Å². The van der Waals surface area contributed by atoms with Gasteiger partial charge in [-0.15, -0.1) is 0 Å². The van der Waals surface area contributed by atoms with Crippen LogP contribution in [0.15, 0.2) is 59.5 Å². The summed E-state index contributed by atoms with van der Waals surface area (Å²) < 4.78 is 27.1. The fourth-order valence-corrected chi connectivity index (χ4v) is 3.22. The first-order chi connectivity index (χ1) is 11.5. The fourth-order valence-electron chi connectivity index (χ4n) is 2.18. The Morgan fingerprint density at radius 1 is 0.958 bits per heavy atom. The number of sulfonamides is 1. The number of hydrogen-bond donors (Lipinski definition) is 2. The van der Waals surface area contributed by atoms with E-state index in [2.05, 4.69) is 10.0 Å². The topological polar surface area (TPSA) is 75.3 Å². The molecule has 0 saturated heterocycles. The molecule has 2 rings (SSSR count). The lowest BCUT2D eigenvalue weighted by Crippen LogP contribution is -2.26. The molecule has 6 heteroatoms. The van der Waals surface area contributed by atoms with Crippen molar-refractivity contribution in [3.8, 4) is 0 Å². The van der Waals surface area contributed by atoms with Gasteiger partial charge < -0.3 is 5.32 Å². The van der Waals surface area contributed by atoms with Crippen LogP contribution in [0.25, 0.3) is 0 Å². The summed E-state index contributed by atoms with van der Waals surface area (Å²) in [5.74, 6) is -0.196. The lowest BCUT2D eigenvalue weighted by Gasteiger charge is -2.08. The second-order valence-electron chi connectivity index (χ2n) is 5.41. The normalized spacial score (nSPS) is 11.2. The maximum Gasteiger partial charge on any atom is 0.251 e. The standard InChI is InChI=1S/C18H22N2O3S/c1-2-13-19-18(21)16-8-10-17(11-9-16)24(22,23)20-14-12-15-6-4-3-5-7-15/h3-11,20H,2,12-14H2,1H3,(H,19,21). The van der Waals surface area contributed by atoms with Crippen molar-refractivity contribution in [2.45, 2.75) is 24.7 Å². The summed E-state index contributed by atoms with van der Waals surface area (Å²) >= 11 is 0. The molecule has 0 spiro atoms. The molecule has 2 aromatic rings. The molecule has 0 aromatic heterocycles. The van der Waals surface area contributed by atoms with Crippen molar-refractivity contribution in [3.05, 3.63) is 65.7 Å². The van der Waals surface area contributed by atoms with E-state index in [0.717, 1.165) is 12.0 Å². The summed E-state index contributed by atoms with van der Waals surface area (Å²) in [5, 5.41) is 2.76. The SMILES string of the molecule is CCCNC(=O)c1ccc(S(=O)(=O)NCCc2ccccc2)cc1. The highest BCUT2D eigenvalue weighted by molar-refractivity contribution is 7.89. The first-order valence-electron chi connectivity index (χ1n) is 7.95. The molecule has 0 unspecified atom stereocenters. The van der Waals surface area contributed by atoms with Gasteiger partial charge >= 0.3 is 0 Å². The number of benzene rings is 2. The summed E-state index contributed by atoms with van der Waals surface area (Å²) in [6.07, 6.45) is 1.47. The Morgan fingerprint density at radius 3 is 2.25 bits per heavy atom. The second kappa shape index (κ2) is 8.61. The number of carbonyl (C=O) groups excluding carboxylic acids is 1. The van der Waals surface area contributed by atoms with Crippen molar-refractivity contribution in [2.24, 2.45) is 0 Å². The monoisotopic (exact) mass is 346 g/mol. The van der Waals surface area contributed by atoms with Gasteiger partial charge in [0.15, 0.2) is 0 Å². The lowest BCUT2D eigenvalue weighted by atomic mass is 10.2. The molecule has 128 valence electrons. The summed E-state index contributed by atoms with van der Waals surface area (Å²) in [6.45, 7) is 2.89. The summed E-state index contributed by atoms with van der Waals surface area (Å²) in [7, 11) is -3.57. The van der Waals surface area contributed by atoms with Crippen molar-refractivity contribution in [3.63, 3.8) is 0 Å². The van der Waals surface area contributed by atoms with Gasteiger partial charge in [-0.05, 0) is 42.7 Å². The molecule has 2 aromatic carbocycles. The van der Waals surface area contributed by atoms with Gasteiger partial charge in [-0.2, -0.15) is 0 Å². The predicted octanol–water partition coefficient (Wildman–Crippen LogP) is 2.35. The number of hydrogen-bond acceptors (Lipinski definition) is 3. The highest BCUT2D eigenvalue weighted by Crippen LogP contribution is 2.11. The average Bonchev–Trinajstić information content (AvgIpc) is 2.60. The molecule has 1 amide bonds. The summed E-state index contributed by atoms with van der Waals surface area (Å²) in [4.78, 5) is 12.0. The molecule has 0 aliphatic rings. The van der Waals surface area contributed by atoms with Gasteiger partial charge in [0.1, 0.15) is 0 Å². The van der Waals surface area contributed by atoms with Crippen LogP contribution in [0.4, 0.5) is 0 Å². The highest BCUT2D eigenvalue weighted by atomic mass is 32.2. The molecular weight excluding hydrogens is 324 g/mol. The van der Waals surface area contributed by atoms with Crippen LogP contribution < -0.4 is 10.0 Å². The third kappa shape index (κ3) is 5.18. The highest BCUT2D eigenvalue weighted by Gasteiger charge is 2.14. The third-order valence-corrected chi connectivity index (χ3v) is 4.99. The minimum atomic E-state index is -3.57. The smallest absolute Gasteiger partial charge is 0.251 e. The maximum absolute atomic E-state index is 12.3. The van der Waals surface area contributed by atoms with E-state index < -0.39 is 10.0 Å². The molecule has 24 heavy (non-hydrogen) atoms. The van der Waals surface area contributed by atoms with Crippen LogP contribution in [0.3, 0.4) is 0 Å². The van der Waals surface area contributed by atoms with Crippen LogP contribution in [-0.2, 0) is 16.4 Å². The molecule has 0 bridgehead atoms. The largest absolute Gasteiger partial charge is 0.352 e. The van der Waals surface area contributed by atoms with E-state index in [1.54, 1.807) is 0 Å². The Kier molecular flexibility index (Phi) is 6.52. The van der Waals surface area contributed by atoms with Gasteiger partial charge in [-0.1, -0.05) is 37.3 Å². The predicted molar refractivity (Wildman–Crippen MR) is 94.4 cm³/mol. The minimum absolute atomic E-state index is 0.155. The molecule has 5 nitrogen and oxygen atoms in total. The molecule has 0 saturated carbocycles. The van der Waals surface area contributed by atoms with Crippen molar-refractivity contribution in [1.29, 1.82) is 0 Å². The second-order valence-corrected chi connectivity index (χ2v) is 7.18. The van der Waals surface area contributed by atoms with Crippen LogP contribution in [0.2, 0.25) is 0 Å². The molecule has 0 fully saturated rings. The summed E-state index contributed by atoms with van der Waals surface area (Å²) in [6, 6.07) is 15.6. The zero-order valence-corrected chi connectivity index (χ0v) is 14.5.